The van der Waals surface area contributed by atoms with Gasteiger partial charge < -0.3 is 10.1 Å². The van der Waals surface area contributed by atoms with Crippen LogP contribution in [-0.2, 0) is 4.79 Å². The van der Waals surface area contributed by atoms with Crippen LogP contribution in [0.4, 0.5) is 0 Å². The van der Waals surface area contributed by atoms with E-state index in [0.717, 1.165) is 41.7 Å². The molecule has 30 heavy (non-hydrogen) atoms. The molecule has 0 spiro atoms. The normalized spacial score (nSPS) is 19.1. The van der Waals surface area contributed by atoms with Crippen molar-refractivity contribution in [1.29, 1.82) is 0 Å². The summed E-state index contributed by atoms with van der Waals surface area (Å²) in [5.74, 6) is 3.26. The zero-order chi connectivity index (χ0) is 21.5. The summed E-state index contributed by atoms with van der Waals surface area (Å²) < 4.78 is 7.57. The van der Waals surface area contributed by atoms with Crippen LogP contribution in [0.2, 0.25) is 0 Å². The van der Waals surface area contributed by atoms with E-state index in [1.54, 1.807) is 7.11 Å². The molecular weight excluding hydrogens is 396 g/mol. The quantitative estimate of drug-likeness (QED) is 0.570. The van der Waals surface area contributed by atoms with Gasteiger partial charge in [0.25, 0.3) is 0 Å². The Morgan fingerprint density at radius 1 is 1.23 bits per heavy atom. The van der Waals surface area contributed by atoms with Crippen molar-refractivity contribution < 1.29 is 9.53 Å². The Hall–Kier alpha value is -2.02. The predicted molar refractivity (Wildman–Crippen MR) is 122 cm³/mol. The van der Waals surface area contributed by atoms with Gasteiger partial charge in [-0.3, -0.25) is 9.36 Å². The first-order valence-electron chi connectivity index (χ1n) is 11.0. The fourth-order valence-electron chi connectivity index (χ4n) is 3.97. The van der Waals surface area contributed by atoms with Gasteiger partial charge in [0.2, 0.25) is 5.91 Å². The van der Waals surface area contributed by atoms with Crippen molar-refractivity contribution >= 4 is 17.7 Å². The Balaban J connectivity index is 1.80. The summed E-state index contributed by atoms with van der Waals surface area (Å²) in [4.78, 5) is 12.3. The number of aromatic nitrogens is 3. The number of ether oxygens (including phenoxy) is 1. The number of carbonyl (C=O) groups is 1. The van der Waals surface area contributed by atoms with Crippen LogP contribution in [0, 0.1) is 11.8 Å². The van der Waals surface area contributed by atoms with Crippen molar-refractivity contribution in [2.24, 2.45) is 11.8 Å². The van der Waals surface area contributed by atoms with Crippen LogP contribution in [0.1, 0.15) is 58.9 Å². The van der Waals surface area contributed by atoms with Crippen LogP contribution in [-0.4, -0.2) is 40.1 Å². The maximum Gasteiger partial charge on any atom is 0.230 e. The molecule has 1 aliphatic carbocycles. The first kappa shape index (κ1) is 22.7. The highest BCUT2D eigenvalue weighted by atomic mass is 32.2. The van der Waals surface area contributed by atoms with E-state index in [2.05, 4.69) is 40.9 Å². The SMILES string of the molecule is COc1ccc(-c2nnc(SCC(=O)NCCC(C)C)n2[C@H]2CCCC[C@H]2C)cc1. The molecule has 0 saturated heterocycles. The van der Waals surface area contributed by atoms with Gasteiger partial charge in [-0.25, -0.2) is 0 Å². The minimum Gasteiger partial charge on any atom is -0.497 e. The largest absolute Gasteiger partial charge is 0.497 e. The van der Waals surface area contributed by atoms with Crippen molar-refractivity contribution in [3.8, 4) is 17.1 Å². The Morgan fingerprint density at radius 3 is 2.63 bits per heavy atom. The second kappa shape index (κ2) is 10.8. The zero-order valence-electron chi connectivity index (χ0n) is 18.6. The van der Waals surface area contributed by atoms with Gasteiger partial charge in [-0.2, -0.15) is 0 Å². The minimum absolute atomic E-state index is 0.0536. The van der Waals surface area contributed by atoms with Gasteiger partial charge in [0.1, 0.15) is 5.75 Å². The van der Waals surface area contributed by atoms with E-state index in [1.807, 2.05) is 24.3 Å². The predicted octanol–water partition coefficient (Wildman–Crippen LogP) is 4.96. The van der Waals surface area contributed by atoms with Crippen molar-refractivity contribution in [2.45, 2.75) is 64.1 Å². The number of carbonyl (C=O) groups excluding carboxylic acids is 1. The average molecular weight is 431 g/mol. The lowest BCUT2D eigenvalue weighted by Gasteiger charge is -2.31. The molecule has 0 radical (unpaired) electrons. The van der Waals surface area contributed by atoms with Gasteiger partial charge in [-0.15, -0.1) is 10.2 Å². The molecule has 0 bridgehead atoms. The van der Waals surface area contributed by atoms with Crippen molar-refractivity contribution in [3.05, 3.63) is 24.3 Å². The van der Waals surface area contributed by atoms with E-state index in [9.17, 15) is 4.79 Å². The molecule has 6 nitrogen and oxygen atoms in total. The van der Waals surface area contributed by atoms with Crippen molar-refractivity contribution in [2.75, 3.05) is 19.4 Å². The lowest BCUT2D eigenvalue weighted by molar-refractivity contribution is -0.118. The number of thioether (sulfide) groups is 1. The highest BCUT2D eigenvalue weighted by molar-refractivity contribution is 7.99. The Kier molecular flexibility index (Phi) is 8.19. The molecule has 1 saturated carbocycles. The van der Waals surface area contributed by atoms with Gasteiger partial charge in [-0.1, -0.05) is 45.4 Å². The smallest absolute Gasteiger partial charge is 0.230 e. The zero-order valence-corrected chi connectivity index (χ0v) is 19.4. The van der Waals surface area contributed by atoms with E-state index in [0.29, 0.717) is 23.6 Å². The third-order valence-corrected chi connectivity index (χ3v) is 6.73. The van der Waals surface area contributed by atoms with Crippen LogP contribution in [0.25, 0.3) is 11.4 Å². The van der Waals surface area contributed by atoms with Gasteiger partial charge >= 0.3 is 0 Å². The second-order valence-corrected chi connectivity index (χ2v) is 9.50. The van der Waals surface area contributed by atoms with Crippen LogP contribution in [0.5, 0.6) is 5.75 Å². The Morgan fingerprint density at radius 2 is 1.97 bits per heavy atom. The second-order valence-electron chi connectivity index (χ2n) is 8.55. The number of amides is 1. The summed E-state index contributed by atoms with van der Waals surface area (Å²) in [6, 6.07) is 8.32. The van der Waals surface area contributed by atoms with Crippen LogP contribution < -0.4 is 10.1 Å². The molecule has 1 heterocycles. The summed E-state index contributed by atoms with van der Waals surface area (Å²) in [7, 11) is 1.67. The highest BCUT2D eigenvalue weighted by Crippen LogP contribution is 2.39. The molecule has 1 fully saturated rings. The molecule has 0 unspecified atom stereocenters. The number of hydrogen-bond acceptors (Lipinski definition) is 5. The lowest BCUT2D eigenvalue weighted by Crippen LogP contribution is -2.27. The van der Waals surface area contributed by atoms with E-state index in [-0.39, 0.29) is 5.91 Å². The number of rotatable bonds is 9. The monoisotopic (exact) mass is 430 g/mol. The van der Waals surface area contributed by atoms with Gasteiger partial charge in [0.05, 0.1) is 12.9 Å². The standard InChI is InChI=1S/C23H34N4O2S/c1-16(2)13-14-24-21(28)15-30-23-26-25-22(18-9-11-19(29-4)12-10-18)27(23)20-8-6-5-7-17(20)3/h9-12,16-17,20H,5-8,13-15H2,1-4H3,(H,24,28)/t17-,20+/m1/s1. The molecule has 7 heteroatoms. The fourth-order valence-corrected chi connectivity index (χ4v) is 4.79. The summed E-state index contributed by atoms with van der Waals surface area (Å²) in [6.45, 7) is 7.36. The van der Waals surface area contributed by atoms with Gasteiger partial charge in [0.15, 0.2) is 11.0 Å². The number of nitrogens with one attached hydrogen (secondary N) is 1. The number of methoxy groups -OCH3 is 1. The molecule has 2 atom stereocenters. The van der Waals surface area contributed by atoms with E-state index in [4.69, 9.17) is 4.74 Å². The summed E-state index contributed by atoms with van der Waals surface area (Å²) in [6.07, 6.45) is 5.82. The van der Waals surface area contributed by atoms with Crippen molar-refractivity contribution in [3.63, 3.8) is 0 Å². The third kappa shape index (κ3) is 5.78. The molecule has 164 valence electrons. The minimum atomic E-state index is 0.0536. The fraction of sp³-hybridized carbons (Fsp3) is 0.609. The third-order valence-electron chi connectivity index (χ3n) is 5.79. The molecule has 0 aliphatic heterocycles. The van der Waals surface area contributed by atoms with Gasteiger partial charge in [0, 0.05) is 18.2 Å². The molecule has 2 aromatic rings. The maximum atomic E-state index is 12.3. The Bertz CT molecular complexity index is 819. The van der Waals surface area contributed by atoms with Crippen LogP contribution in [0.3, 0.4) is 0 Å². The summed E-state index contributed by atoms with van der Waals surface area (Å²) >= 11 is 1.49. The highest BCUT2D eigenvalue weighted by Gasteiger charge is 2.28. The lowest BCUT2D eigenvalue weighted by atomic mass is 9.85. The van der Waals surface area contributed by atoms with E-state index >= 15 is 0 Å². The van der Waals surface area contributed by atoms with Gasteiger partial charge in [-0.05, 0) is 55.4 Å². The van der Waals surface area contributed by atoms with E-state index in [1.165, 1.54) is 31.0 Å². The number of nitrogens with zero attached hydrogens (tertiary/aromatic N) is 3. The average Bonchev–Trinajstić information content (AvgIpc) is 3.16. The molecule has 1 aromatic heterocycles. The molecule has 3 rings (SSSR count). The molecule has 1 N–H and O–H groups in total. The molecule has 1 aliphatic rings. The number of hydrogen-bond donors (Lipinski definition) is 1. The van der Waals surface area contributed by atoms with Crippen molar-refractivity contribution in [1.82, 2.24) is 20.1 Å². The van der Waals surface area contributed by atoms with Crippen LogP contribution in [0.15, 0.2) is 29.4 Å². The molecule has 1 amide bonds. The summed E-state index contributed by atoms with van der Waals surface area (Å²) in [5.41, 5.74) is 1.02. The topological polar surface area (TPSA) is 69.0 Å². The first-order valence-corrected chi connectivity index (χ1v) is 12.0. The van der Waals surface area contributed by atoms with Crippen LogP contribution >= 0.6 is 11.8 Å². The molecular formula is C23H34N4O2S. The Labute approximate surface area is 184 Å². The molecule has 1 aromatic carbocycles. The van der Waals surface area contributed by atoms with E-state index < -0.39 is 0 Å². The first-order chi connectivity index (χ1) is 14.5. The summed E-state index contributed by atoms with van der Waals surface area (Å²) in [5, 5.41) is 12.9. The number of benzene rings is 1. The maximum absolute atomic E-state index is 12.3.